The minimum atomic E-state index is -0.552. The fraction of sp³-hybridized carbons (Fsp3) is 0.654. The number of rotatable bonds is 4. The lowest BCUT2D eigenvalue weighted by atomic mass is 9.79. The van der Waals surface area contributed by atoms with Crippen LogP contribution in [0.25, 0.3) is 0 Å². The Morgan fingerprint density at radius 2 is 1.64 bits per heavy atom. The van der Waals surface area contributed by atoms with Crippen molar-refractivity contribution in [1.82, 2.24) is 20.4 Å². The first kappa shape index (κ1) is 22.5. The molecule has 5 rings (SSSR count). The minimum Gasteiger partial charge on any atom is -0.322 e. The van der Waals surface area contributed by atoms with E-state index < -0.39 is 6.04 Å². The third-order valence-electron chi connectivity index (χ3n) is 8.22. The molecule has 3 saturated heterocycles. The summed E-state index contributed by atoms with van der Waals surface area (Å²) in [4.78, 5) is 41.2. The van der Waals surface area contributed by atoms with Gasteiger partial charge in [-0.2, -0.15) is 0 Å². The monoisotopic (exact) mass is 452 g/mol. The molecular formula is C26H36N4O3. The fourth-order valence-electron chi connectivity index (χ4n) is 6.39. The zero-order chi connectivity index (χ0) is 22.8. The molecule has 0 aliphatic carbocycles. The molecule has 3 amide bonds. The predicted molar refractivity (Wildman–Crippen MR) is 125 cm³/mol. The number of hydrogen-bond acceptors (Lipinski definition) is 5. The van der Waals surface area contributed by atoms with Crippen LogP contribution < -0.4 is 10.6 Å². The van der Waals surface area contributed by atoms with Gasteiger partial charge in [0.15, 0.2) is 0 Å². The highest BCUT2D eigenvalue weighted by Crippen LogP contribution is 2.33. The topological polar surface area (TPSA) is 81.8 Å². The quantitative estimate of drug-likeness (QED) is 0.686. The summed E-state index contributed by atoms with van der Waals surface area (Å²) in [5, 5.41) is 5.89. The lowest BCUT2D eigenvalue weighted by molar-refractivity contribution is -0.136. The largest absolute Gasteiger partial charge is 0.322 e. The van der Waals surface area contributed by atoms with Gasteiger partial charge in [-0.15, -0.1) is 0 Å². The molecule has 0 aromatic heterocycles. The van der Waals surface area contributed by atoms with Crippen molar-refractivity contribution < 1.29 is 14.4 Å². The van der Waals surface area contributed by atoms with Crippen molar-refractivity contribution in [3.63, 3.8) is 0 Å². The Bertz CT molecular complexity index is 901. The van der Waals surface area contributed by atoms with E-state index >= 15 is 0 Å². The zero-order valence-electron chi connectivity index (χ0n) is 19.5. The van der Waals surface area contributed by atoms with E-state index in [0.717, 1.165) is 42.6 Å². The number of likely N-dealkylation sites (tertiary alicyclic amines) is 1. The van der Waals surface area contributed by atoms with Gasteiger partial charge in [-0.25, -0.2) is 0 Å². The molecule has 4 heterocycles. The highest BCUT2D eigenvalue weighted by Gasteiger charge is 2.39. The lowest BCUT2D eigenvalue weighted by Crippen LogP contribution is -2.52. The maximum Gasteiger partial charge on any atom is 0.255 e. The molecule has 1 atom stereocenters. The lowest BCUT2D eigenvalue weighted by Gasteiger charge is -2.34. The van der Waals surface area contributed by atoms with Crippen LogP contribution in [-0.2, 0) is 22.7 Å². The van der Waals surface area contributed by atoms with Gasteiger partial charge in [0.25, 0.3) is 5.91 Å². The molecule has 33 heavy (non-hydrogen) atoms. The number of carbonyl (C=O) groups excluding carboxylic acids is 3. The van der Waals surface area contributed by atoms with E-state index in [0.29, 0.717) is 13.0 Å². The molecule has 4 aliphatic rings. The third kappa shape index (κ3) is 4.85. The van der Waals surface area contributed by atoms with Gasteiger partial charge < -0.3 is 10.2 Å². The molecule has 1 aromatic rings. The summed E-state index contributed by atoms with van der Waals surface area (Å²) >= 11 is 0. The van der Waals surface area contributed by atoms with E-state index in [1.165, 1.54) is 57.2 Å². The molecule has 0 radical (unpaired) electrons. The first-order valence-electron chi connectivity index (χ1n) is 12.8. The van der Waals surface area contributed by atoms with Crippen molar-refractivity contribution in [3.8, 4) is 0 Å². The second kappa shape index (κ2) is 9.94. The Morgan fingerprint density at radius 1 is 0.909 bits per heavy atom. The van der Waals surface area contributed by atoms with Crippen LogP contribution in [0, 0.1) is 11.8 Å². The van der Waals surface area contributed by atoms with Crippen molar-refractivity contribution >= 4 is 17.7 Å². The van der Waals surface area contributed by atoms with Gasteiger partial charge in [-0.3, -0.25) is 24.6 Å². The maximum atomic E-state index is 13.1. The molecule has 1 unspecified atom stereocenters. The molecule has 1 aromatic carbocycles. The van der Waals surface area contributed by atoms with Gasteiger partial charge in [0.1, 0.15) is 6.04 Å². The van der Waals surface area contributed by atoms with Crippen LogP contribution in [0.5, 0.6) is 0 Å². The number of benzene rings is 1. The molecular weight excluding hydrogens is 416 g/mol. The van der Waals surface area contributed by atoms with Gasteiger partial charge in [0, 0.05) is 25.1 Å². The smallest absolute Gasteiger partial charge is 0.255 e. The van der Waals surface area contributed by atoms with Crippen molar-refractivity contribution in [3.05, 3.63) is 34.9 Å². The van der Waals surface area contributed by atoms with Gasteiger partial charge >= 0.3 is 0 Å². The maximum absolute atomic E-state index is 13.1. The van der Waals surface area contributed by atoms with Crippen LogP contribution in [0.3, 0.4) is 0 Å². The van der Waals surface area contributed by atoms with Gasteiger partial charge in [-0.05, 0) is 100 Å². The van der Waals surface area contributed by atoms with Crippen LogP contribution in [-0.4, -0.2) is 59.7 Å². The Hall–Kier alpha value is -2.25. The van der Waals surface area contributed by atoms with E-state index in [9.17, 15) is 14.4 Å². The van der Waals surface area contributed by atoms with E-state index in [1.807, 2.05) is 12.1 Å². The molecule has 178 valence electrons. The molecule has 2 N–H and O–H groups in total. The minimum absolute atomic E-state index is 0.0844. The average molecular weight is 453 g/mol. The summed E-state index contributed by atoms with van der Waals surface area (Å²) in [5.41, 5.74) is 2.98. The van der Waals surface area contributed by atoms with Crippen LogP contribution in [0.15, 0.2) is 18.2 Å². The highest BCUT2D eigenvalue weighted by atomic mass is 16.2. The second-order valence-electron chi connectivity index (χ2n) is 10.3. The third-order valence-corrected chi connectivity index (χ3v) is 8.22. The van der Waals surface area contributed by atoms with Crippen LogP contribution in [0.1, 0.15) is 72.9 Å². The zero-order valence-corrected chi connectivity index (χ0v) is 19.5. The molecule has 4 aliphatic heterocycles. The number of piperidine rings is 2. The number of amides is 3. The van der Waals surface area contributed by atoms with E-state index in [1.54, 1.807) is 4.90 Å². The SMILES string of the molecule is O=C1CCC(N2Cc3c(CN4CCCC(C5CCNCC5)CCC4)cccc3C2=O)C(=O)N1. The number of nitrogens with zero attached hydrogens (tertiary/aromatic N) is 2. The highest BCUT2D eigenvalue weighted by molar-refractivity contribution is 6.05. The summed E-state index contributed by atoms with van der Waals surface area (Å²) in [7, 11) is 0. The first-order valence-corrected chi connectivity index (χ1v) is 12.8. The van der Waals surface area contributed by atoms with Gasteiger partial charge in [0.2, 0.25) is 11.8 Å². The Morgan fingerprint density at radius 3 is 2.36 bits per heavy atom. The van der Waals surface area contributed by atoms with E-state index in [-0.39, 0.29) is 24.1 Å². The summed E-state index contributed by atoms with van der Waals surface area (Å²) < 4.78 is 0. The van der Waals surface area contributed by atoms with Crippen LogP contribution >= 0.6 is 0 Å². The molecule has 0 bridgehead atoms. The average Bonchev–Trinajstić information content (AvgIpc) is 3.13. The first-order chi connectivity index (χ1) is 16.1. The summed E-state index contributed by atoms with van der Waals surface area (Å²) in [6, 6.07) is 5.43. The Kier molecular flexibility index (Phi) is 6.79. The van der Waals surface area contributed by atoms with Crippen LogP contribution in [0.2, 0.25) is 0 Å². The number of imide groups is 1. The predicted octanol–water partition coefficient (Wildman–Crippen LogP) is 2.44. The normalized spacial score (nSPS) is 26.1. The van der Waals surface area contributed by atoms with Crippen molar-refractivity contribution in [2.24, 2.45) is 11.8 Å². The fourth-order valence-corrected chi connectivity index (χ4v) is 6.39. The number of nitrogens with one attached hydrogen (secondary N) is 2. The number of fused-ring (bicyclic) bond motifs is 1. The van der Waals surface area contributed by atoms with Crippen molar-refractivity contribution in [1.29, 1.82) is 0 Å². The van der Waals surface area contributed by atoms with Gasteiger partial charge in [0.05, 0.1) is 0 Å². The summed E-state index contributed by atoms with van der Waals surface area (Å²) in [6.45, 7) is 5.90. The number of carbonyl (C=O) groups is 3. The molecule has 0 saturated carbocycles. The van der Waals surface area contributed by atoms with Crippen LogP contribution in [0.4, 0.5) is 0 Å². The molecule has 0 spiro atoms. The summed E-state index contributed by atoms with van der Waals surface area (Å²) in [5.74, 6) is 1.11. The van der Waals surface area contributed by atoms with E-state index in [4.69, 9.17) is 0 Å². The van der Waals surface area contributed by atoms with Gasteiger partial charge in [-0.1, -0.05) is 12.1 Å². The Labute approximate surface area is 196 Å². The van der Waals surface area contributed by atoms with Crippen molar-refractivity contribution in [2.45, 2.75) is 70.5 Å². The molecule has 7 nitrogen and oxygen atoms in total. The standard InChI is InChI=1S/C26H36N4O3/c31-24-9-8-23(25(32)28-24)30-17-22-20(4-1-7-21(22)26(30)33)16-29-14-2-5-18(6-3-15-29)19-10-12-27-13-11-19/h1,4,7,18-19,23,27H,2-3,5-6,8-17H2,(H,28,31,32). The van der Waals surface area contributed by atoms with Crippen molar-refractivity contribution in [2.75, 3.05) is 26.2 Å². The molecule has 7 heteroatoms. The Balaban J connectivity index is 1.22. The summed E-state index contributed by atoms with van der Waals surface area (Å²) in [6.07, 6.45) is 8.51. The van der Waals surface area contributed by atoms with E-state index in [2.05, 4.69) is 21.6 Å². The molecule has 3 fully saturated rings. The second-order valence-corrected chi connectivity index (χ2v) is 10.3. The number of hydrogen-bond donors (Lipinski definition) is 2.